The van der Waals surface area contributed by atoms with E-state index in [0.29, 0.717) is 27.2 Å². The highest BCUT2D eigenvalue weighted by molar-refractivity contribution is 7.17. The van der Waals surface area contributed by atoms with Gasteiger partial charge in [-0.3, -0.25) is 23.5 Å². The molecule has 1 aromatic carbocycles. The Hall–Kier alpha value is -3.72. The van der Waals surface area contributed by atoms with E-state index in [-0.39, 0.29) is 18.9 Å². The lowest BCUT2D eigenvalue weighted by atomic mass is 10.1. The lowest BCUT2D eigenvalue weighted by Gasteiger charge is -2.12. The molecule has 0 fully saturated rings. The zero-order valence-corrected chi connectivity index (χ0v) is 16.8. The summed E-state index contributed by atoms with van der Waals surface area (Å²) < 4.78 is 7.96. The van der Waals surface area contributed by atoms with Crippen molar-refractivity contribution in [1.82, 2.24) is 9.13 Å². The number of hydrogen-bond donors (Lipinski definition) is 1. The van der Waals surface area contributed by atoms with Crippen molar-refractivity contribution >= 4 is 38.9 Å². The number of fused-ring (bicyclic) bond motifs is 1. The van der Waals surface area contributed by atoms with Gasteiger partial charge in [0.2, 0.25) is 5.91 Å². The van der Waals surface area contributed by atoms with E-state index in [2.05, 4.69) is 5.32 Å². The molecule has 0 unspecified atom stereocenters. The number of carbonyl (C=O) groups excluding carboxylic acids is 2. The summed E-state index contributed by atoms with van der Waals surface area (Å²) in [7, 11) is 0. The molecule has 152 valence electrons. The molecule has 4 aromatic rings. The lowest BCUT2D eigenvalue weighted by Crippen LogP contribution is -2.41. The first-order valence-corrected chi connectivity index (χ1v) is 9.96. The second kappa shape index (κ2) is 7.96. The molecule has 3 heterocycles. The number of rotatable bonds is 6. The van der Waals surface area contributed by atoms with Crippen LogP contribution in [0.25, 0.3) is 10.2 Å². The van der Waals surface area contributed by atoms with E-state index in [4.69, 9.17) is 4.42 Å². The molecule has 0 saturated carbocycles. The number of amides is 1. The fraction of sp³-hybridized carbons (Fsp3) is 0.143. The first-order valence-electron chi connectivity index (χ1n) is 9.08. The molecule has 3 aromatic heterocycles. The Morgan fingerprint density at radius 1 is 1.10 bits per heavy atom. The molecular formula is C21H17N3O5S. The third-order valence-electron chi connectivity index (χ3n) is 4.59. The van der Waals surface area contributed by atoms with Crippen LogP contribution < -0.4 is 16.6 Å². The number of anilines is 1. The van der Waals surface area contributed by atoms with Gasteiger partial charge in [0.05, 0.1) is 18.3 Å². The summed E-state index contributed by atoms with van der Waals surface area (Å²) in [5, 5.41) is 4.40. The van der Waals surface area contributed by atoms with Gasteiger partial charge in [0, 0.05) is 11.3 Å². The highest BCUT2D eigenvalue weighted by Crippen LogP contribution is 2.16. The number of thiophene rings is 1. The predicted molar refractivity (Wildman–Crippen MR) is 113 cm³/mol. The highest BCUT2D eigenvalue weighted by Gasteiger charge is 2.17. The number of nitrogens with one attached hydrogen (secondary N) is 1. The number of furan rings is 1. The molecular weight excluding hydrogens is 406 g/mol. The fourth-order valence-electron chi connectivity index (χ4n) is 3.14. The molecule has 0 aliphatic rings. The Kier molecular flexibility index (Phi) is 5.20. The van der Waals surface area contributed by atoms with Crippen molar-refractivity contribution in [2.45, 2.75) is 20.0 Å². The summed E-state index contributed by atoms with van der Waals surface area (Å²) >= 11 is 1.21. The lowest BCUT2D eigenvalue weighted by molar-refractivity contribution is -0.116. The molecule has 0 aliphatic carbocycles. The average molecular weight is 423 g/mol. The molecule has 30 heavy (non-hydrogen) atoms. The largest absolute Gasteiger partial charge is 0.467 e. The standard InChI is InChI=1S/C21H17N3O5S/c1-13(25)14-4-2-5-15(10-14)22-18(26)12-23-17-7-9-30-19(17)20(27)24(21(23)28)11-16-6-3-8-29-16/h2-10H,11-12H2,1H3,(H,22,26). The van der Waals surface area contributed by atoms with Crippen LogP contribution in [0, 0.1) is 0 Å². The van der Waals surface area contributed by atoms with Gasteiger partial charge in [-0.15, -0.1) is 11.3 Å². The maximum absolute atomic E-state index is 13.0. The van der Waals surface area contributed by atoms with Crippen LogP contribution >= 0.6 is 11.3 Å². The van der Waals surface area contributed by atoms with Crippen LogP contribution in [0.3, 0.4) is 0 Å². The van der Waals surface area contributed by atoms with Crippen LogP contribution in [0.2, 0.25) is 0 Å². The Morgan fingerprint density at radius 3 is 2.67 bits per heavy atom. The van der Waals surface area contributed by atoms with Crippen molar-refractivity contribution in [2.75, 3.05) is 5.32 Å². The molecule has 0 spiro atoms. The summed E-state index contributed by atoms with van der Waals surface area (Å²) in [5.74, 6) is -0.108. The maximum Gasteiger partial charge on any atom is 0.332 e. The second-order valence-electron chi connectivity index (χ2n) is 6.66. The van der Waals surface area contributed by atoms with Crippen LogP contribution in [-0.4, -0.2) is 20.8 Å². The average Bonchev–Trinajstić information content (AvgIpc) is 3.40. The van der Waals surface area contributed by atoms with Crippen molar-refractivity contribution in [3.8, 4) is 0 Å². The Labute approximate surface area is 174 Å². The number of benzene rings is 1. The molecule has 0 saturated heterocycles. The quantitative estimate of drug-likeness (QED) is 0.480. The fourth-order valence-corrected chi connectivity index (χ4v) is 3.99. The monoisotopic (exact) mass is 423 g/mol. The van der Waals surface area contributed by atoms with E-state index >= 15 is 0 Å². The third-order valence-corrected chi connectivity index (χ3v) is 5.48. The molecule has 1 N–H and O–H groups in total. The van der Waals surface area contributed by atoms with Crippen LogP contribution in [0.15, 0.2) is 68.1 Å². The Morgan fingerprint density at radius 2 is 1.93 bits per heavy atom. The van der Waals surface area contributed by atoms with Gasteiger partial charge in [0.25, 0.3) is 5.56 Å². The predicted octanol–water partition coefficient (Wildman–Crippen LogP) is 2.71. The first kappa shape index (κ1) is 19.6. The van der Waals surface area contributed by atoms with Gasteiger partial charge in [-0.25, -0.2) is 4.79 Å². The number of carbonyl (C=O) groups is 2. The van der Waals surface area contributed by atoms with E-state index in [1.54, 1.807) is 47.8 Å². The van der Waals surface area contributed by atoms with Crippen molar-refractivity contribution < 1.29 is 14.0 Å². The van der Waals surface area contributed by atoms with Gasteiger partial charge in [0.15, 0.2) is 5.78 Å². The molecule has 0 aliphatic heterocycles. The summed E-state index contributed by atoms with van der Waals surface area (Å²) in [6.45, 7) is 1.13. The molecule has 9 heteroatoms. The minimum absolute atomic E-state index is 0.0270. The SMILES string of the molecule is CC(=O)c1cccc(NC(=O)Cn2c(=O)n(Cc3ccco3)c(=O)c3sccc32)c1. The van der Waals surface area contributed by atoms with Crippen molar-refractivity contribution in [1.29, 1.82) is 0 Å². The molecule has 0 radical (unpaired) electrons. The number of Topliss-reactive ketones (excluding diaryl/α,β-unsaturated/α-hetero) is 1. The van der Waals surface area contributed by atoms with Crippen LogP contribution in [0.4, 0.5) is 5.69 Å². The smallest absolute Gasteiger partial charge is 0.332 e. The highest BCUT2D eigenvalue weighted by atomic mass is 32.1. The summed E-state index contributed by atoms with van der Waals surface area (Å²) in [6, 6.07) is 11.5. The minimum atomic E-state index is -0.602. The van der Waals surface area contributed by atoms with E-state index in [1.807, 2.05) is 0 Å². The van der Waals surface area contributed by atoms with Crippen LogP contribution in [0.5, 0.6) is 0 Å². The van der Waals surface area contributed by atoms with Gasteiger partial charge in [0.1, 0.15) is 17.0 Å². The number of hydrogen-bond acceptors (Lipinski definition) is 6. The van der Waals surface area contributed by atoms with Crippen molar-refractivity contribution in [2.24, 2.45) is 0 Å². The van der Waals surface area contributed by atoms with Gasteiger partial charge in [-0.2, -0.15) is 0 Å². The van der Waals surface area contributed by atoms with Crippen LogP contribution in [0.1, 0.15) is 23.0 Å². The van der Waals surface area contributed by atoms with Crippen molar-refractivity contribution in [3.63, 3.8) is 0 Å². The summed E-state index contributed by atoms with van der Waals surface area (Å²) in [5.41, 5.74) is 0.295. The molecule has 0 atom stereocenters. The van der Waals surface area contributed by atoms with E-state index in [9.17, 15) is 19.2 Å². The Bertz CT molecular complexity index is 1360. The molecule has 0 bridgehead atoms. The van der Waals surface area contributed by atoms with Crippen LogP contribution in [-0.2, 0) is 17.9 Å². The normalized spacial score (nSPS) is 11.0. The zero-order chi connectivity index (χ0) is 21.3. The summed E-state index contributed by atoms with van der Waals surface area (Å²) in [6.07, 6.45) is 1.46. The van der Waals surface area contributed by atoms with Gasteiger partial charge < -0.3 is 9.73 Å². The second-order valence-corrected chi connectivity index (χ2v) is 7.58. The van der Waals surface area contributed by atoms with E-state index in [0.717, 1.165) is 4.57 Å². The molecule has 1 amide bonds. The van der Waals surface area contributed by atoms with E-state index in [1.165, 1.54) is 29.1 Å². The molecule has 8 nitrogen and oxygen atoms in total. The first-order chi connectivity index (χ1) is 14.4. The molecule has 4 rings (SSSR count). The zero-order valence-electron chi connectivity index (χ0n) is 16.0. The van der Waals surface area contributed by atoms with Gasteiger partial charge in [-0.05, 0) is 42.6 Å². The number of nitrogens with zero attached hydrogens (tertiary/aromatic N) is 2. The number of aromatic nitrogens is 2. The topological polar surface area (TPSA) is 103 Å². The third kappa shape index (κ3) is 3.74. The van der Waals surface area contributed by atoms with Gasteiger partial charge >= 0.3 is 5.69 Å². The summed E-state index contributed by atoms with van der Waals surface area (Å²) in [4.78, 5) is 50.0. The van der Waals surface area contributed by atoms with E-state index < -0.39 is 17.2 Å². The van der Waals surface area contributed by atoms with Gasteiger partial charge in [-0.1, -0.05) is 12.1 Å². The minimum Gasteiger partial charge on any atom is -0.467 e. The van der Waals surface area contributed by atoms with Crippen molar-refractivity contribution in [3.05, 3.63) is 86.3 Å². The number of ketones is 1. The Balaban J connectivity index is 1.68. The maximum atomic E-state index is 13.0.